The van der Waals surface area contributed by atoms with Gasteiger partial charge >= 0.3 is 0 Å². The van der Waals surface area contributed by atoms with Gasteiger partial charge in [0.15, 0.2) is 0 Å². The quantitative estimate of drug-likeness (QED) is 0.481. The van der Waals surface area contributed by atoms with Crippen LogP contribution in [0.1, 0.15) is 18.1 Å². The average Bonchev–Trinajstić information content (AvgIpc) is 3.16. The molecule has 2 aromatic carbocycles. The fourth-order valence-corrected chi connectivity index (χ4v) is 3.52. The highest BCUT2D eigenvalue weighted by molar-refractivity contribution is 7.17. The van der Waals surface area contributed by atoms with Gasteiger partial charge in [-0.25, -0.2) is 4.98 Å². The molecule has 0 aliphatic carbocycles. The number of aromatic nitrogens is 2. The molecule has 0 fully saturated rings. The Balaban J connectivity index is 1.64. The predicted molar refractivity (Wildman–Crippen MR) is 107 cm³/mol. The first kappa shape index (κ1) is 16.5. The van der Waals surface area contributed by atoms with Crippen LogP contribution in [0.4, 0.5) is 5.95 Å². The summed E-state index contributed by atoms with van der Waals surface area (Å²) in [6, 6.07) is 20.3. The van der Waals surface area contributed by atoms with E-state index in [-0.39, 0.29) is 0 Å². The summed E-state index contributed by atoms with van der Waals surface area (Å²) in [6.07, 6.45) is 0.911. The Morgan fingerprint density at radius 2 is 1.77 bits per heavy atom. The zero-order valence-corrected chi connectivity index (χ0v) is 15.3. The molecule has 0 unspecified atom stereocenters. The highest BCUT2D eigenvalue weighted by Gasteiger charge is 2.12. The zero-order valence-electron chi connectivity index (χ0n) is 14.5. The van der Waals surface area contributed by atoms with E-state index in [1.54, 1.807) is 11.3 Å². The summed E-state index contributed by atoms with van der Waals surface area (Å²) in [4.78, 5) is 9.23. The SMILES string of the molecule is CCc1ccccc1Oc1nc(NCc2ccccc2)nc2ccsc12. The molecule has 5 heteroatoms. The van der Waals surface area contributed by atoms with E-state index in [0.29, 0.717) is 18.4 Å². The maximum atomic E-state index is 6.18. The van der Waals surface area contributed by atoms with E-state index in [2.05, 4.69) is 40.4 Å². The van der Waals surface area contributed by atoms with Crippen molar-refractivity contribution in [2.45, 2.75) is 19.9 Å². The number of rotatable bonds is 6. The van der Waals surface area contributed by atoms with Crippen molar-refractivity contribution in [1.82, 2.24) is 9.97 Å². The highest BCUT2D eigenvalue weighted by atomic mass is 32.1. The Kier molecular flexibility index (Phi) is 4.80. The van der Waals surface area contributed by atoms with Gasteiger partial charge in [0.1, 0.15) is 10.4 Å². The van der Waals surface area contributed by atoms with E-state index >= 15 is 0 Å². The number of nitrogens with zero attached hydrogens (tertiary/aromatic N) is 2. The minimum atomic E-state index is 0.573. The van der Waals surface area contributed by atoms with E-state index in [4.69, 9.17) is 4.74 Å². The number of anilines is 1. The second-order valence-corrected chi connectivity index (χ2v) is 6.81. The number of fused-ring (bicyclic) bond motifs is 1. The summed E-state index contributed by atoms with van der Waals surface area (Å²) in [7, 11) is 0. The molecule has 1 N–H and O–H groups in total. The van der Waals surface area contributed by atoms with Crippen LogP contribution in [0.2, 0.25) is 0 Å². The van der Waals surface area contributed by atoms with E-state index in [1.807, 2.05) is 47.8 Å². The fourth-order valence-electron chi connectivity index (χ4n) is 2.76. The normalized spacial score (nSPS) is 10.8. The third-order valence-corrected chi connectivity index (χ3v) is 5.02. The van der Waals surface area contributed by atoms with E-state index < -0.39 is 0 Å². The number of benzene rings is 2. The number of nitrogens with one attached hydrogen (secondary N) is 1. The average molecular weight is 361 g/mol. The molecular formula is C21H19N3OS. The van der Waals surface area contributed by atoms with Crippen LogP contribution in [0, 0.1) is 0 Å². The summed E-state index contributed by atoms with van der Waals surface area (Å²) < 4.78 is 7.14. The van der Waals surface area contributed by atoms with Crippen LogP contribution in [-0.4, -0.2) is 9.97 Å². The second-order valence-electron chi connectivity index (χ2n) is 5.89. The van der Waals surface area contributed by atoms with Crippen molar-refractivity contribution in [1.29, 1.82) is 0 Å². The van der Waals surface area contributed by atoms with Crippen LogP contribution in [0.3, 0.4) is 0 Å². The lowest BCUT2D eigenvalue weighted by Crippen LogP contribution is -2.04. The van der Waals surface area contributed by atoms with E-state index in [1.165, 1.54) is 5.56 Å². The lowest BCUT2D eigenvalue weighted by Gasteiger charge is -2.11. The van der Waals surface area contributed by atoms with E-state index in [9.17, 15) is 0 Å². The third kappa shape index (κ3) is 3.53. The summed E-state index contributed by atoms with van der Waals surface area (Å²) in [5, 5.41) is 5.31. The number of para-hydroxylation sites is 1. The molecule has 0 aliphatic rings. The largest absolute Gasteiger partial charge is 0.437 e. The topological polar surface area (TPSA) is 47.0 Å². The number of aryl methyl sites for hydroxylation is 1. The van der Waals surface area contributed by atoms with Crippen LogP contribution in [-0.2, 0) is 13.0 Å². The smallest absolute Gasteiger partial charge is 0.242 e. The van der Waals surface area contributed by atoms with Crippen LogP contribution < -0.4 is 10.1 Å². The maximum absolute atomic E-state index is 6.18. The number of hydrogen-bond donors (Lipinski definition) is 1. The van der Waals surface area contributed by atoms with Crippen molar-refractivity contribution < 1.29 is 4.74 Å². The lowest BCUT2D eigenvalue weighted by molar-refractivity contribution is 0.464. The van der Waals surface area contributed by atoms with Crippen molar-refractivity contribution in [3.05, 3.63) is 77.2 Å². The molecule has 26 heavy (non-hydrogen) atoms. The summed E-state index contributed by atoms with van der Waals surface area (Å²) >= 11 is 1.59. The van der Waals surface area contributed by atoms with E-state index in [0.717, 1.165) is 28.0 Å². The summed E-state index contributed by atoms with van der Waals surface area (Å²) in [5.41, 5.74) is 3.24. The highest BCUT2D eigenvalue weighted by Crippen LogP contribution is 2.33. The molecule has 0 saturated carbocycles. The molecule has 2 heterocycles. The van der Waals surface area contributed by atoms with Gasteiger partial charge in [0.05, 0.1) is 5.52 Å². The zero-order chi connectivity index (χ0) is 17.8. The predicted octanol–water partition coefficient (Wildman–Crippen LogP) is 5.66. The van der Waals surface area contributed by atoms with Crippen molar-refractivity contribution >= 4 is 27.5 Å². The molecule has 0 aliphatic heterocycles. The molecule has 0 bridgehead atoms. The molecule has 130 valence electrons. The standard InChI is InChI=1S/C21H19N3OS/c1-2-16-10-6-7-11-18(16)25-20-19-17(12-13-26-19)23-21(24-20)22-14-15-8-4-3-5-9-15/h3-13H,2,14H2,1H3,(H,22,23,24). The van der Waals surface area contributed by atoms with Gasteiger partial charge in [-0.05, 0) is 35.1 Å². The van der Waals surface area contributed by atoms with Gasteiger partial charge in [0.25, 0.3) is 0 Å². The Bertz CT molecular complexity index is 1010. The minimum absolute atomic E-state index is 0.573. The number of hydrogen-bond acceptors (Lipinski definition) is 5. The number of thiophene rings is 1. The monoisotopic (exact) mass is 361 g/mol. The molecular weight excluding hydrogens is 342 g/mol. The summed E-state index contributed by atoms with van der Waals surface area (Å²) in [6.45, 7) is 2.79. The van der Waals surface area contributed by atoms with Crippen molar-refractivity contribution in [2.24, 2.45) is 0 Å². The van der Waals surface area contributed by atoms with Crippen molar-refractivity contribution in [2.75, 3.05) is 5.32 Å². The third-order valence-electron chi connectivity index (χ3n) is 4.13. The molecule has 0 amide bonds. The lowest BCUT2D eigenvalue weighted by atomic mass is 10.1. The van der Waals surface area contributed by atoms with Gasteiger partial charge in [0.2, 0.25) is 11.8 Å². The van der Waals surface area contributed by atoms with Crippen LogP contribution in [0.25, 0.3) is 10.2 Å². The van der Waals surface area contributed by atoms with Gasteiger partial charge in [-0.1, -0.05) is 55.5 Å². The molecule has 4 aromatic rings. The Morgan fingerprint density at radius 3 is 2.62 bits per heavy atom. The Morgan fingerprint density at radius 1 is 0.962 bits per heavy atom. The Labute approximate surface area is 156 Å². The van der Waals surface area contributed by atoms with Crippen LogP contribution in [0.5, 0.6) is 11.6 Å². The first-order chi connectivity index (χ1) is 12.8. The molecule has 4 rings (SSSR count). The molecule has 0 saturated heterocycles. The first-order valence-electron chi connectivity index (χ1n) is 8.62. The van der Waals surface area contributed by atoms with Gasteiger partial charge in [-0.3, -0.25) is 0 Å². The fraction of sp³-hybridized carbons (Fsp3) is 0.143. The molecule has 0 radical (unpaired) electrons. The Hall–Kier alpha value is -2.92. The van der Waals surface area contributed by atoms with Gasteiger partial charge in [-0.15, -0.1) is 11.3 Å². The molecule has 0 atom stereocenters. The van der Waals surface area contributed by atoms with Gasteiger partial charge in [0, 0.05) is 6.54 Å². The first-order valence-corrected chi connectivity index (χ1v) is 9.50. The molecule has 4 nitrogen and oxygen atoms in total. The minimum Gasteiger partial charge on any atom is -0.437 e. The van der Waals surface area contributed by atoms with Crippen LogP contribution in [0.15, 0.2) is 66.0 Å². The van der Waals surface area contributed by atoms with Gasteiger partial charge < -0.3 is 10.1 Å². The van der Waals surface area contributed by atoms with Crippen molar-refractivity contribution in [3.63, 3.8) is 0 Å². The number of ether oxygens (including phenoxy) is 1. The maximum Gasteiger partial charge on any atom is 0.242 e. The molecule has 2 aromatic heterocycles. The molecule has 0 spiro atoms. The van der Waals surface area contributed by atoms with Gasteiger partial charge in [-0.2, -0.15) is 4.98 Å². The van der Waals surface area contributed by atoms with Crippen LogP contribution >= 0.6 is 11.3 Å². The summed E-state index contributed by atoms with van der Waals surface area (Å²) in [5.74, 6) is 2.02. The van der Waals surface area contributed by atoms with Crippen molar-refractivity contribution in [3.8, 4) is 11.6 Å². The second kappa shape index (κ2) is 7.54.